The maximum absolute atomic E-state index is 12.3. The van der Waals surface area contributed by atoms with E-state index in [9.17, 15) is 4.79 Å². The summed E-state index contributed by atoms with van der Waals surface area (Å²) in [6.07, 6.45) is 8.14. The monoisotopic (exact) mass is 315 g/mol. The number of ether oxygens (including phenoxy) is 2. The van der Waals surface area contributed by atoms with Crippen molar-refractivity contribution in [1.82, 2.24) is 5.32 Å². The number of carbonyl (C=O) groups excluding carboxylic acids is 1. The van der Waals surface area contributed by atoms with Crippen LogP contribution in [-0.2, 0) is 17.8 Å². The molecule has 4 heteroatoms. The van der Waals surface area contributed by atoms with Gasteiger partial charge in [0.2, 0.25) is 5.91 Å². The summed E-state index contributed by atoms with van der Waals surface area (Å²) in [4.78, 5) is 12.3. The predicted octanol–water partition coefficient (Wildman–Crippen LogP) is 3.38. The van der Waals surface area contributed by atoms with Gasteiger partial charge in [0.25, 0.3) is 0 Å². The van der Waals surface area contributed by atoms with E-state index in [-0.39, 0.29) is 17.9 Å². The lowest BCUT2D eigenvalue weighted by molar-refractivity contribution is -0.125. The zero-order valence-corrected chi connectivity index (χ0v) is 13.9. The molecule has 0 saturated carbocycles. The fourth-order valence-electron chi connectivity index (χ4n) is 3.27. The first kappa shape index (κ1) is 15.9. The van der Waals surface area contributed by atoms with E-state index < -0.39 is 0 Å². The topological polar surface area (TPSA) is 47.6 Å². The Morgan fingerprint density at radius 1 is 1.39 bits per heavy atom. The Balaban J connectivity index is 1.70. The molecule has 124 valence electrons. The summed E-state index contributed by atoms with van der Waals surface area (Å²) < 4.78 is 11.6. The molecular formula is C19H25NO3. The number of rotatable bonds is 5. The lowest BCUT2D eigenvalue weighted by atomic mass is 9.93. The summed E-state index contributed by atoms with van der Waals surface area (Å²) in [5.74, 6) is 2.01. The Morgan fingerprint density at radius 3 is 3.00 bits per heavy atom. The summed E-state index contributed by atoms with van der Waals surface area (Å²) in [5, 5.41) is 3.06. The Labute approximate surface area is 137 Å². The molecule has 3 rings (SSSR count). The van der Waals surface area contributed by atoms with Gasteiger partial charge in [0, 0.05) is 30.0 Å². The molecule has 1 aliphatic carbocycles. The standard InChI is InChI=1S/C19H25NO3/c1-3-22-17-10-15-9-13(2)23-18(15)11-16(17)12-20-19(21)14-7-5-4-6-8-14/h4-5,10-11,13-14H,3,6-9,12H2,1-2H3,(H,20,21)/t13-,14-/m0/s1. The smallest absolute Gasteiger partial charge is 0.223 e. The summed E-state index contributed by atoms with van der Waals surface area (Å²) in [7, 11) is 0. The molecule has 1 amide bonds. The van der Waals surface area contributed by atoms with Crippen LogP contribution in [0.1, 0.15) is 44.2 Å². The second-order valence-corrected chi connectivity index (χ2v) is 6.33. The number of nitrogens with one attached hydrogen (secondary N) is 1. The molecule has 0 bridgehead atoms. The van der Waals surface area contributed by atoms with Gasteiger partial charge in [0.1, 0.15) is 17.6 Å². The maximum atomic E-state index is 12.3. The van der Waals surface area contributed by atoms with Gasteiger partial charge in [0.15, 0.2) is 0 Å². The van der Waals surface area contributed by atoms with Gasteiger partial charge in [-0.2, -0.15) is 0 Å². The molecule has 1 aliphatic heterocycles. The van der Waals surface area contributed by atoms with E-state index in [0.29, 0.717) is 13.2 Å². The van der Waals surface area contributed by atoms with E-state index >= 15 is 0 Å². The Hall–Kier alpha value is -1.97. The maximum Gasteiger partial charge on any atom is 0.223 e. The van der Waals surface area contributed by atoms with Crippen molar-refractivity contribution in [2.24, 2.45) is 5.92 Å². The summed E-state index contributed by atoms with van der Waals surface area (Å²) in [6, 6.07) is 4.08. The highest BCUT2D eigenvalue weighted by molar-refractivity contribution is 5.79. The van der Waals surface area contributed by atoms with E-state index in [1.54, 1.807) is 0 Å². The van der Waals surface area contributed by atoms with Gasteiger partial charge < -0.3 is 14.8 Å². The highest BCUT2D eigenvalue weighted by atomic mass is 16.5. The molecule has 4 nitrogen and oxygen atoms in total. The highest BCUT2D eigenvalue weighted by Crippen LogP contribution is 2.35. The molecule has 23 heavy (non-hydrogen) atoms. The van der Waals surface area contributed by atoms with Crippen LogP contribution < -0.4 is 14.8 Å². The van der Waals surface area contributed by atoms with E-state index in [1.807, 2.05) is 13.0 Å². The average molecular weight is 315 g/mol. The van der Waals surface area contributed by atoms with Crippen LogP contribution in [0.15, 0.2) is 24.3 Å². The highest BCUT2D eigenvalue weighted by Gasteiger charge is 2.23. The van der Waals surface area contributed by atoms with E-state index in [4.69, 9.17) is 9.47 Å². The number of carbonyl (C=O) groups is 1. The van der Waals surface area contributed by atoms with Gasteiger partial charge in [-0.25, -0.2) is 0 Å². The van der Waals surface area contributed by atoms with Crippen molar-refractivity contribution in [1.29, 1.82) is 0 Å². The van der Waals surface area contributed by atoms with Gasteiger partial charge in [-0.05, 0) is 45.2 Å². The number of hydrogen-bond donors (Lipinski definition) is 1. The van der Waals surface area contributed by atoms with E-state index in [0.717, 1.165) is 42.7 Å². The molecule has 1 N–H and O–H groups in total. The second kappa shape index (κ2) is 7.07. The van der Waals surface area contributed by atoms with E-state index in [1.165, 1.54) is 5.56 Å². The molecule has 0 radical (unpaired) electrons. The number of hydrogen-bond acceptors (Lipinski definition) is 3. The molecule has 0 saturated heterocycles. The fraction of sp³-hybridized carbons (Fsp3) is 0.526. The number of allylic oxidation sites excluding steroid dienone is 2. The first-order valence-electron chi connectivity index (χ1n) is 8.55. The van der Waals surface area contributed by atoms with Gasteiger partial charge in [-0.15, -0.1) is 0 Å². The van der Waals surface area contributed by atoms with E-state index in [2.05, 4.69) is 30.5 Å². The van der Waals surface area contributed by atoms with Crippen LogP contribution >= 0.6 is 0 Å². The number of fused-ring (bicyclic) bond motifs is 1. The van der Waals surface area contributed by atoms with Crippen LogP contribution in [0.3, 0.4) is 0 Å². The number of amides is 1. The third kappa shape index (κ3) is 3.69. The minimum atomic E-state index is 0.0984. The van der Waals surface area contributed by atoms with Crippen LogP contribution in [0.2, 0.25) is 0 Å². The van der Waals surface area contributed by atoms with Crippen LogP contribution in [0.5, 0.6) is 11.5 Å². The van der Waals surface area contributed by atoms with Gasteiger partial charge in [0.05, 0.1) is 6.61 Å². The van der Waals surface area contributed by atoms with Gasteiger partial charge in [-0.3, -0.25) is 4.79 Å². The van der Waals surface area contributed by atoms with Crippen molar-refractivity contribution in [2.75, 3.05) is 6.61 Å². The van der Waals surface area contributed by atoms with Gasteiger partial charge >= 0.3 is 0 Å². The van der Waals surface area contributed by atoms with Crippen molar-refractivity contribution in [2.45, 2.75) is 52.2 Å². The van der Waals surface area contributed by atoms with Crippen LogP contribution in [0, 0.1) is 5.92 Å². The van der Waals surface area contributed by atoms with Crippen LogP contribution in [0.25, 0.3) is 0 Å². The second-order valence-electron chi connectivity index (χ2n) is 6.33. The minimum Gasteiger partial charge on any atom is -0.494 e. The zero-order valence-electron chi connectivity index (χ0n) is 13.9. The number of benzene rings is 1. The molecule has 0 aromatic heterocycles. The molecule has 1 aromatic carbocycles. The lowest BCUT2D eigenvalue weighted by Gasteiger charge is -2.18. The predicted molar refractivity (Wildman–Crippen MR) is 89.7 cm³/mol. The SMILES string of the molecule is CCOc1cc2c(cc1CNC(=O)[C@H]1CC=CCC1)O[C@@H](C)C2. The fourth-order valence-corrected chi connectivity index (χ4v) is 3.27. The third-order valence-electron chi connectivity index (χ3n) is 4.47. The Morgan fingerprint density at radius 2 is 2.26 bits per heavy atom. The van der Waals surface area contributed by atoms with Crippen molar-refractivity contribution >= 4 is 5.91 Å². The van der Waals surface area contributed by atoms with Crippen LogP contribution in [0.4, 0.5) is 0 Å². The molecule has 0 fully saturated rings. The van der Waals surface area contributed by atoms with Crippen molar-refractivity contribution < 1.29 is 14.3 Å². The van der Waals surface area contributed by atoms with Crippen molar-refractivity contribution in [3.63, 3.8) is 0 Å². The first-order chi connectivity index (χ1) is 11.2. The molecule has 2 aliphatic rings. The third-order valence-corrected chi connectivity index (χ3v) is 4.47. The summed E-state index contributed by atoms with van der Waals surface area (Å²) >= 11 is 0. The van der Waals surface area contributed by atoms with Gasteiger partial charge in [-0.1, -0.05) is 12.2 Å². The Bertz CT molecular complexity index is 609. The quantitative estimate of drug-likeness (QED) is 0.847. The lowest BCUT2D eigenvalue weighted by Crippen LogP contribution is -2.30. The largest absolute Gasteiger partial charge is 0.494 e. The van der Waals surface area contributed by atoms with Crippen LogP contribution in [-0.4, -0.2) is 18.6 Å². The Kier molecular flexibility index (Phi) is 4.89. The zero-order chi connectivity index (χ0) is 16.2. The normalized spacial score (nSPS) is 22.3. The molecule has 0 unspecified atom stereocenters. The molecule has 1 aromatic rings. The van der Waals surface area contributed by atoms with Crippen molar-refractivity contribution in [3.05, 3.63) is 35.4 Å². The summed E-state index contributed by atoms with van der Waals surface area (Å²) in [5.41, 5.74) is 2.17. The first-order valence-corrected chi connectivity index (χ1v) is 8.55. The van der Waals surface area contributed by atoms with Crippen molar-refractivity contribution in [3.8, 4) is 11.5 Å². The minimum absolute atomic E-state index is 0.0984. The molecule has 0 spiro atoms. The molecule has 2 atom stereocenters. The molecule has 1 heterocycles. The average Bonchev–Trinajstić information content (AvgIpc) is 2.92. The molecular weight excluding hydrogens is 290 g/mol. The summed E-state index contributed by atoms with van der Waals surface area (Å²) in [6.45, 7) is 5.14.